The Morgan fingerprint density at radius 2 is 2.13 bits per heavy atom. The number of rotatable bonds is 4. The van der Waals surface area contributed by atoms with E-state index in [0.29, 0.717) is 11.4 Å². The quantitative estimate of drug-likeness (QED) is 0.782. The summed E-state index contributed by atoms with van der Waals surface area (Å²) in [6.45, 7) is 5.23. The van der Waals surface area contributed by atoms with Gasteiger partial charge in [0.15, 0.2) is 0 Å². The molecule has 0 fully saturated rings. The first-order chi connectivity index (χ1) is 6.84. The van der Waals surface area contributed by atoms with Gasteiger partial charge in [-0.2, -0.15) is 5.10 Å². The van der Waals surface area contributed by atoms with Crippen LogP contribution in [0.1, 0.15) is 18.3 Å². The predicted molar refractivity (Wildman–Crippen MR) is 58.6 cm³/mol. The fourth-order valence-corrected chi connectivity index (χ4v) is 2.90. The maximum absolute atomic E-state index is 11.8. The van der Waals surface area contributed by atoms with Crippen LogP contribution >= 0.6 is 11.6 Å². The van der Waals surface area contributed by atoms with Crippen LogP contribution in [0.5, 0.6) is 0 Å². The molecule has 1 heterocycles. The minimum absolute atomic E-state index is 0.202. The van der Waals surface area contributed by atoms with E-state index in [0.717, 1.165) is 0 Å². The Kier molecular flexibility index (Phi) is 3.75. The van der Waals surface area contributed by atoms with Gasteiger partial charge in [0.2, 0.25) is 10.0 Å². The molecule has 0 aliphatic rings. The van der Waals surface area contributed by atoms with Crippen molar-refractivity contribution in [1.82, 2.24) is 14.9 Å². The molecule has 1 unspecified atom stereocenters. The van der Waals surface area contributed by atoms with Crippen molar-refractivity contribution >= 4 is 21.6 Å². The van der Waals surface area contributed by atoms with Gasteiger partial charge in [0.25, 0.3) is 0 Å². The van der Waals surface area contributed by atoms with Gasteiger partial charge in [-0.1, -0.05) is 0 Å². The number of halogens is 1. The van der Waals surface area contributed by atoms with E-state index in [2.05, 4.69) is 14.9 Å². The summed E-state index contributed by atoms with van der Waals surface area (Å²) in [5.74, 6) is 0. The molecule has 15 heavy (non-hydrogen) atoms. The summed E-state index contributed by atoms with van der Waals surface area (Å²) in [7, 11) is -3.50. The second-order valence-electron chi connectivity index (χ2n) is 3.40. The SMILES string of the molecule is Cc1n[nH]c(C)c1S(=O)(=O)NCC(C)Cl. The lowest BCUT2D eigenvalue weighted by molar-refractivity contribution is 0.580. The van der Waals surface area contributed by atoms with E-state index in [1.807, 2.05) is 0 Å². The zero-order chi connectivity index (χ0) is 11.6. The molecule has 86 valence electrons. The minimum atomic E-state index is -3.50. The molecule has 1 rings (SSSR count). The molecular weight excluding hydrogens is 238 g/mol. The van der Waals surface area contributed by atoms with Crippen molar-refractivity contribution in [2.45, 2.75) is 31.0 Å². The van der Waals surface area contributed by atoms with E-state index >= 15 is 0 Å². The van der Waals surface area contributed by atoms with E-state index < -0.39 is 10.0 Å². The standard InChI is InChI=1S/C8H14ClN3O2S/c1-5(9)4-10-15(13,14)8-6(2)11-12-7(8)3/h5,10H,4H2,1-3H3,(H,11,12). The van der Waals surface area contributed by atoms with Crippen molar-refractivity contribution in [3.05, 3.63) is 11.4 Å². The minimum Gasteiger partial charge on any atom is -0.281 e. The Bertz CT molecular complexity index is 419. The van der Waals surface area contributed by atoms with Gasteiger partial charge in [0.05, 0.1) is 11.4 Å². The van der Waals surface area contributed by atoms with Gasteiger partial charge in [0, 0.05) is 11.9 Å². The third-order valence-corrected chi connectivity index (χ3v) is 3.72. The van der Waals surface area contributed by atoms with Crippen molar-refractivity contribution in [2.24, 2.45) is 0 Å². The average Bonchev–Trinajstić information content (AvgIpc) is 2.43. The number of alkyl halides is 1. The fraction of sp³-hybridized carbons (Fsp3) is 0.625. The maximum Gasteiger partial charge on any atom is 0.244 e. The first-order valence-electron chi connectivity index (χ1n) is 4.50. The number of nitrogens with one attached hydrogen (secondary N) is 2. The number of aryl methyl sites for hydroxylation is 2. The van der Waals surface area contributed by atoms with Crippen LogP contribution in [0.15, 0.2) is 4.90 Å². The third kappa shape index (κ3) is 2.93. The van der Waals surface area contributed by atoms with Crippen LogP contribution in [0.3, 0.4) is 0 Å². The van der Waals surface area contributed by atoms with Crippen molar-refractivity contribution in [3.63, 3.8) is 0 Å². The fourth-order valence-electron chi connectivity index (χ4n) is 1.23. The Morgan fingerprint density at radius 1 is 1.53 bits per heavy atom. The second kappa shape index (κ2) is 4.51. The zero-order valence-corrected chi connectivity index (χ0v) is 10.4. The van der Waals surface area contributed by atoms with Crippen molar-refractivity contribution in [2.75, 3.05) is 6.54 Å². The molecular formula is C8H14ClN3O2S. The molecule has 0 aromatic carbocycles. The Balaban J connectivity index is 2.96. The van der Waals surface area contributed by atoms with Crippen molar-refractivity contribution in [1.29, 1.82) is 0 Å². The predicted octanol–water partition coefficient (Wildman–Crippen LogP) is 0.932. The number of hydrogen-bond acceptors (Lipinski definition) is 3. The molecule has 0 amide bonds. The first kappa shape index (κ1) is 12.5. The molecule has 5 nitrogen and oxygen atoms in total. The molecule has 2 N–H and O–H groups in total. The molecule has 0 aliphatic carbocycles. The smallest absolute Gasteiger partial charge is 0.244 e. The monoisotopic (exact) mass is 251 g/mol. The van der Waals surface area contributed by atoms with Gasteiger partial charge < -0.3 is 0 Å². The number of hydrogen-bond donors (Lipinski definition) is 2. The normalized spacial score (nSPS) is 14.1. The third-order valence-electron chi connectivity index (χ3n) is 1.88. The number of sulfonamides is 1. The van der Waals surface area contributed by atoms with E-state index in [9.17, 15) is 8.42 Å². The highest BCUT2D eigenvalue weighted by Gasteiger charge is 2.21. The molecule has 1 atom stereocenters. The summed E-state index contributed by atoms with van der Waals surface area (Å²) < 4.78 is 26.0. The van der Waals surface area contributed by atoms with Gasteiger partial charge in [-0.15, -0.1) is 11.6 Å². The van der Waals surface area contributed by atoms with Gasteiger partial charge >= 0.3 is 0 Å². The van der Waals surface area contributed by atoms with Crippen LogP contribution in [-0.4, -0.2) is 30.5 Å². The van der Waals surface area contributed by atoms with Crippen LogP contribution in [0, 0.1) is 13.8 Å². The highest BCUT2D eigenvalue weighted by Crippen LogP contribution is 2.16. The zero-order valence-electron chi connectivity index (χ0n) is 8.83. The van der Waals surface area contributed by atoms with Crippen LogP contribution in [0.2, 0.25) is 0 Å². The highest BCUT2D eigenvalue weighted by molar-refractivity contribution is 7.89. The molecule has 1 aromatic heterocycles. The van der Waals surface area contributed by atoms with E-state index in [1.54, 1.807) is 20.8 Å². The van der Waals surface area contributed by atoms with Crippen molar-refractivity contribution < 1.29 is 8.42 Å². The molecule has 1 aromatic rings. The first-order valence-corrected chi connectivity index (χ1v) is 6.42. The summed E-state index contributed by atoms with van der Waals surface area (Å²) in [6.07, 6.45) is 0. The average molecular weight is 252 g/mol. The largest absolute Gasteiger partial charge is 0.281 e. The van der Waals surface area contributed by atoms with Crippen LogP contribution in [-0.2, 0) is 10.0 Å². The Hall–Kier alpha value is -0.590. The summed E-state index contributed by atoms with van der Waals surface area (Å²) >= 11 is 5.67. The second-order valence-corrected chi connectivity index (χ2v) is 5.84. The van der Waals surface area contributed by atoms with Crippen LogP contribution in [0.25, 0.3) is 0 Å². The summed E-state index contributed by atoms with van der Waals surface area (Å²) in [6, 6.07) is 0. The van der Waals surface area contributed by atoms with Crippen LogP contribution < -0.4 is 4.72 Å². The maximum atomic E-state index is 11.8. The summed E-state index contributed by atoms with van der Waals surface area (Å²) in [5, 5.41) is 6.22. The number of nitrogens with zero attached hydrogens (tertiary/aromatic N) is 1. The molecule has 0 bridgehead atoms. The van der Waals surface area contributed by atoms with E-state index in [1.165, 1.54) is 0 Å². The molecule has 7 heteroatoms. The van der Waals surface area contributed by atoms with Gasteiger partial charge in [-0.05, 0) is 20.8 Å². The van der Waals surface area contributed by atoms with E-state index in [-0.39, 0.29) is 16.8 Å². The number of aromatic nitrogens is 2. The lowest BCUT2D eigenvalue weighted by atomic mass is 10.4. The van der Waals surface area contributed by atoms with Crippen molar-refractivity contribution in [3.8, 4) is 0 Å². The van der Waals surface area contributed by atoms with E-state index in [4.69, 9.17) is 11.6 Å². The molecule has 0 aliphatic heterocycles. The number of aromatic amines is 1. The molecule has 0 saturated heterocycles. The summed E-state index contributed by atoms with van der Waals surface area (Å²) in [4.78, 5) is 0.208. The highest BCUT2D eigenvalue weighted by atomic mass is 35.5. The van der Waals surface area contributed by atoms with Crippen LogP contribution in [0.4, 0.5) is 0 Å². The molecule has 0 saturated carbocycles. The van der Waals surface area contributed by atoms with Gasteiger partial charge in [-0.25, -0.2) is 13.1 Å². The Morgan fingerprint density at radius 3 is 2.53 bits per heavy atom. The topological polar surface area (TPSA) is 74.8 Å². The lowest BCUT2D eigenvalue weighted by Crippen LogP contribution is -2.29. The van der Waals surface area contributed by atoms with Gasteiger partial charge in [-0.3, -0.25) is 5.10 Å². The molecule has 0 radical (unpaired) electrons. The Labute approximate surface area is 94.3 Å². The summed E-state index contributed by atoms with van der Waals surface area (Å²) in [5.41, 5.74) is 0.990. The van der Waals surface area contributed by atoms with Gasteiger partial charge in [0.1, 0.15) is 4.90 Å². The lowest BCUT2D eigenvalue weighted by Gasteiger charge is -2.07. The number of H-pyrrole nitrogens is 1. The molecule has 0 spiro atoms.